The molecule has 0 atom stereocenters. The highest BCUT2D eigenvalue weighted by Gasteiger charge is 2.08. The Kier molecular flexibility index (Phi) is 3.74. The zero-order valence-electron chi connectivity index (χ0n) is 9.51. The molecule has 0 bridgehead atoms. The normalized spacial score (nSPS) is 10.3. The molecule has 18 heavy (non-hydrogen) atoms. The van der Waals surface area contributed by atoms with Gasteiger partial charge in [0.2, 0.25) is 0 Å². The third kappa shape index (κ3) is 2.75. The highest BCUT2D eigenvalue weighted by Crippen LogP contribution is 2.21. The Bertz CT molecular complexity index is 528. The van der Waals surface area contributed by atoms with Gasteiger partial charge in [0.25, 0.3) is 0 Å². The molecule has 2 N–H and O–H groups in total. The first-order valence-corrected chi connectivity index (χ1v) is 5.34. The van der Waals surface area contributed by atoms with Gasteiger partial charge in [0.15, 0.2) is 0 Å². The second-order valence-electron chi connectivity index (χ2n) is 3.70. The van der Waals surface area contributed by atoms with Gasteiger partial charge in [-0.25, -0.2) is 4.39 Å². The Morgan fingerprint density at radius 3 is 2.56 bits per heavy atom. The van der Waals surface area contributed by atoms with Gasteiger partial charge < -0.3 is 14.9 Å². The van der Waals surface area contributed by atoms with Crippen molar-refractivity contribution in [1.29, 1.82) is 0 Å². The van der Waals surface area contributed by atoms with Crippen molar-refractivity contribution in [2.45, 2.75) is 13.2 Å². The molecule has 0 fully saturated rings. The number of hydrogen-bond donors (Lipinski definition) is 2. The summed E-state index contributed by atoms with van der Waals surface area (Å²) in [5.74, 6) is 0.0961. The smallest absolute Gasteiger partial charge is 0.139 e. The number of benzene rings is 1. The van der Waals surface area contributed by atoms with Crippen LogP contribution in [0.25, 0.3) is 0 Å². The van der Waals surface area contributed by atoms with E-state index in [9.17, 15) is 9.50 Å². The van der Waals surface area contributed by atoms with Crippen molar-refractivity contribution in [3.05, 3.63) is 53.6 Å². The van der Waals surface area contributed by atoms with Crippen molar-refractivity contribution in [3.63, 3.8) is 0 Å². The molecule has 2 aromatic rings. The average Bonchev–Trinajstić information content (AvgIpc) is 2.38. The van der Waals surface area contributed by atoms with E-state index < -0.39 is 0 Å². The third-order valence-corrected chi connectivity index (χ3v) is 2.49. The van der Waals surface area contributed by atoms with Crippen molar-refractivity contribution in [2.75, 3.05) is 0 Å². The van der Waals surface area contributed by atoms with E-state index in [1.54, 1.807) is 0 Å². The monoisotopic (exact) mass is 249 g/mol. The van der Waals surface area contributed by atoms with Crippen LogP contribution < -0.4 is 4.74 Å². The Morgan fingerprint density at radius 1 is 1.17 bits per heavy atom. The molecule has 0 unspecified atom stereocenters. The Labute approximate surface area is 103 Å². The van der Waals surface area contributed by atoms with E-state index in [1.807, 2.05) is 0 Å². The standard InChI is InChI=1S/C13H12FNO3/c14-10-1-3-11(4-2-10)18-8-9-5-15-6-13(17)12(9)7-16/h1-6,16-17H,7-8H2. The molecule has 1 heterocycles. The number of nitrogens with zero attached hydrogens (tertiary/aromatic N) is 1. The number of aliphatic hydroxyl groups is 1. The van der Waals surface area contributed by atoms with E-state index in [0.717, 1.165) is 0 Å². The molecule has 0 radical (unpaired) electrons. The molecule has 0 aliphatic rings. The largest absolute Gasteiger partial charge is 0.506 e. The predicted molar refractivity (Wildman–Crippen MR) is 62.6 cm³/mol. The number of pyridine rings is 1. The van der Waals surface area contributed by atoms with Crippen molar-refractivity contribution in [1.82, 2.24) is 4.98 Å². The number of aromatic nitrogens is 1. The average molecular weight is 249 g/mol. The molecule has 5 heteroatoms. The summed E-state index contributed by atoms with van der Waals surface area (Å²) < 4.78 is 18.1. The zero-order chi connectivity index (χ0) is 13.0. The molecule has 0 spiro atoms. The Morgan fingerprint density at radius 2 is 1.89 bits per heavy atom. The Balaban J connectivity index is 2.10. The van der Waals surface area contributed by atoms with Gasteiger partial charge in [-0.05, 0) is 24.3 Å². The highest BCUT2D eigenvalue weighted by molar-refractivity contribution is 5.35. The summed E-state index contributed by atoms with van der Waals surface area (Å²) in [5, 5.41) is 18.6. The second kappa shape index (κ2) is 5.46. The molecule has 1 aromatic carbocycles. The summed E-state index contributed by atoms with van der Waals surface area (Å²) in [6.07, 6.45) is 2.77. The summed E-state index contributed by atoms with van der Waals surface area (Å²) in [5.41, 5.74) is 0.967. The van der Waals surface area contributed by atoms with Gasteiger partial charge in [0.1, 0.15) is 23.9 Å². The molecule has 2 rings (SSSR count). The first-order chi connectivity index (χ1) is 8.70. The van der Waals surface area contributed by atoms with Gasteiger partial charge >= 0.3 is 0 Å². The molecule has 0 aliphatic carbocycles. The van der Waals surface area contributed by atoms with E-state index in [2.05, 4.69) is 4.98 Å². The number of halogens is 1. The lowest BCUT2D eigenvalue weighted by molar-refractivity contribution is 0.262. The molecule has 0 amide bonds. The first kappa shape index (κ1) is 12.3. The van der Waals surface area contributed by atoms with Crippen molar-refractivity contribution >= 4 is 0 Å². The summed E-state index contributed by atoms with van der Waals surface area (Å²) in [6.45, 7) is -0.153. The first-order valence-electron chi connectivity index (χ1n) is 5.34. The summed E-state index contributed by atoms with van der Waals surface area (Å²) in [7, 11) is 0. The molecular weight excluding hydrogens is 237 g/mol. The number of ether oxygens (including phenoxy) is 1. The van der Waals surface area contributed by atoms with Crippen LogP contribution in [-0.4, -0.2) is 15.2 Å². The van der Waals surface area contributed by atoms with Crippen LogP contribution in [0.3, 0.4) is 0 Å². The van der Waals surface area contributed by atoms with Crippen molar-refractivity contribution < 1.29 is 19.3 Å². The van der Waals surface area contributed by atoms with Gasteiger partial charge in [-0.2, -0.15) is 0 Å². The number of aliphatic hydroxyl groups excluding tert-OH is 1. The molecule has 94 valence electrons. The van der Waals surface area contributed by atoms with Crippen LogP contribution in [-0.2, 0) is 13.2 Å². The maximum absolute atomic E-state index is 12.7. The van der Waals surface area contributed by atoms with E-state index in [0.29, 0.717) is 16.9 Å². The van der Waals surface area contributed by atoms with Crippen molar-refractivity contribution in [2.24, 2.45) is 0 Å². The fraction of sp³-hybridized carbons (Fsp3) is 0.154. The molecule has 1 aromatic heterocycles. The highest BCUT2D eigenvalue weighted by atomic mass is 19.1. The minimum absolute atomic E-state index is 0.0716. The maximum Gasteiger partial charge on any atom is 0.139 e. The number of rotatable bonds is 4. The lowest BCUT2D eigenvalue weighted by atomic mass is 10.1. The van der Waals surface area contributed by atoms with Crippen LogP contribution >= 0.6 is 0 Å². The quantitative estimate of drug-likeness (QED) is 0.870. The molecular formula is C13H12FNO3. The van der Waals surface area contributed by atoms with E-state index >= 15 is 0 Å². The van der Waals surface area contributed by atoms with Crippen LogP contribution in [0, 0.1) is 5.82 Å². The van der Waals surface area contributed by atoms with Gasteiger partial charge in [-0.15, -0.1) is 0 Å². The third-order valence-electron chi connectivity index (χ3n) is 2.49. The molecule has 0 saturated carbocycles. The van der Waals surface area contributed by atoms with Crippen LogP contribution in [0.1, 0.15) is 11.1 Å². The van der Waals surface area contributed by atoms with Crippen LogP contribution in [0.2, 0.25) is 0 Å². The van der Waals surface area contributed by atoms with Gasteiger partial charge in [0.05, 0.1) is 12.8 Å². The maximum atomic E-state index is 12.7. The molecule has 0 aliphatic heterocycles. The number of hydrogen-bond acceptors (Lipinski definition) is 4. The lowest BCUT2D eigenvalue weighted by Crippen LogP contribution is -2.01. The minimum Gasteiger partial charge on any atom is -0.506 e. The van der Waals surface area contributed by atoms with Crippen LogP contribution in [0.15, 0.2) is 36.7 Å². The fourth-order valence-corrected chi connectivity index (χ4v) is 1.52. The summed E-state index contributed by atoms with van der Waals surface area (Å²) in [4.78, 5) is 3.82. The van der Waals surface area contributed by atoms with Crippen LogP contribution in [0.4, 0.5) is 4.39 Å². The lowest BCUT2D eigenvalue weighted by Gasteiger charge is -2.10. The zero-order valence-corrected chi connectivity index (χ0v) is 9.51. The van der Waals surface area contributed by atoms with E-state index in [-0.39, 0.29) is 24.8 Å². The summed E-state index contributed by atoms with van der Waals surface area (Å²) in [6, 6.07) is 5.60. The molecule has 4 nitrogen and oxygen atoms in total. The Hall–Kier alpha value is -2.14. The van der Waals surface area contributed by atoms with Gasteiger partial charge in [-0.1, -0.05) is 0 Å². The SMILES string of the molecule is OCc1c(O)cncc1COc1ccc(F)cc1. The van der Waals surface area contributed by atoms with Gasteiger partial charge in [-0.3, -0.25) is 4.98 Å². The minimum atomic E-state index is -0.336. The molecule has 0 saturated heterocycles. The number of aromatic hydroxyl groups is 1. The van der Waals surface area contributed by atoms with E-state index in [1.165, 1.54) is 36.7 Å². The van der Waals surface area contributed by atoms with Gasteiger partial charge in [0, 0.05) is 17.3 Å². The second-order valence-corrected chi connectivity index (χ2v) is 3.70. The summed E-state index contributed by atoms with van der Waals surface area (Å²) >= 11 is 0. The predicted octanol–water partition coefficient (Wildman–Crippen LogP) is 2.00. The fourth-order valence-electron chi connectivity index (χ4n) is 1.52. The topological polar surface area (TPSA) is 62.6 Å². The van der Waals surface area contributed by atoms with Crippen LogP contribution in [0.5, 0.6) is 11.5 Å². The van der Waals surface area contributed by atoms with E-state index in [4.69, 9.17) is 9.84 Å². The van der Waals surface area contributed by atoms with Crippen molar-refractivity contribution in [3.8, 4) is 11.5 Å².